The van der Waals surface area contributed by atoms with E-state index in [0.717, 1.165) is 17.5 Å². The number of fused-ring (bicyclic) bond motifs is 1. The van der Waals surface area contributed by atoms with Gasteiger partial charge in [0, 0.05) is 5.56 Å². The average Bonchev–Trinajstić information content (AvgIpc) is 2.25. The number of rotatable bonds is 2. The minimum absolute atomic E-state index is 0.224. The third-order valence-corrected chi connectivity index (χ3v) is 2.49. The zero-order chi connectivity index (χ0) is 10.8. The highest BCUT2D eigenvalue weighted by Gasteiger charge is 2.21. The Morgan fingerprint density at radius 2 is 2.27 bits per heavy atom. The summed E-state index contributed by atoms with van der Waals surface area (Å²) in [5.41, 5.74) is 2.52. The lowest BCUT2D eigenvalue weighted by Gasteiger charge is -2.14. The molecule has 0 spiro atoms. The Hall–Kier alpha value is -1.67. The van der Waals surface area contributed by atoms with E-state index in [1.807, 2.05) is 18.2 Å². The van der Waals surface area contributed by atoms with E-state index < -0.39 is 6.10 Å². The van der Waals surface area contributed by atoms with Gasteiger partial charge in [-0.05, 0) is 29.7 Å². The monoisotopic (exact) mass is 200 g/mol. The number of carbonyl (C=O) groups excluding carboxylic acids is 1. The van der Waals surface area contributed by atoms with Crippen molar-refractivity contribution in [1.29, 1.82) is 0 Å². The smallest absolute Gasteiger partial charge is 0.195 e. The maximum absolute atomic E-state index is 11.6. The molecule has 0 amide bonds. The highest BCUT2D eigenvalue weighted by atomic mass is 16.3. The number of benzene rings is 1. The third kappa shape index (κ3) is 1.76. The van der Waals surface area contributed by atoms with Crippen molar-refractivity contribution in [2.75, 3.05) is 0 Å². The number of aliphatic hydroxyl groups is 1. The molecule has 0 heterocycles. The summed E-state index contributed by atoms with van der Waals surface area (Å²) in [5.74, 6) is -0.224. The predicted octanol–water partition coefficient (Wildman–Crippen LogP) is 1.99. The van der Waals surface area contributed by atoms with Gasteiger partial charge in [0.2, 0.25) is 0 Å². The zero-order valence-electron chi connectivity index (χ0n) is 8.31. The van der Waals surface area contributed by atoms with Crippen LogP contribution < -0.4 is 0 Å². The molecule has 0 aromatic heterocycles. The Labute approximate surface area is 88.6 Å². The lowest BCUT2D eigenvalue weighted by molar-refractivity contribution is 0.0818. The van der Waals surface area contributed by atoms with Crippen molar-refractivity contribution < 1.29 is 9.90 Å². The summed E-state index contributed by atoms with van der Waals surface area (Å²) >= 11 is 0. The highest BCUT2D eigenvalue weighted by Crippen LogP contribution is 2.21. The van der Waals surface area contributed by atoms with E-state index in [1.165, 1.54) is 6.08 Å². The average molecular weight is 200 g/mol. The standard InChI is InChI=1S/C13H12O2/c1-2-3-9-4-5-10-6-7-12(14)13(15)11(10)8-9/h2,4-8,12,14H,1,3H2. The van der Waals surface area contributed by atoms with Crippen LogP contribution in [0.25, 0.3) is 6.08 Å². The molecule has 0 radical (unpaired) electrons. The zero-order valence-corrected chi connectivity index (χ0v) is 8.31. The summed E-state index contributed by atoms with van der Waals surface area (Å²) in [6.45, 7) is 3.65. The van der Waals surface area contributed by atoms with Gasteiger partial charge >= 0.3 is 0 Å². The van der Waals surface area contributed by atoms with Gasteiger partial charge in [-0.3, -0.25) is 4.79 Å². The van der Waals surface area contributed by atoms with Gasteiger partial charge in [0.15, 0.2) is 5.78 Å². The molecule has 15 heavy (non-hydrogen) atoms. The quantitative estimate of drug-likeness (QED) is 0.741. The van der Waals surface area contributed by atoms with Crippen molar-refractivity contribution in [1.82, 2.24) is 0 Å². The molecule has 0 saturated carbocycles. The van der Waals surface area contributed by atoms with Crippen LogP contribution in [-0.4, -0.2) is 17.0 Å². The second-order valence-corrected chi connectivity index (χ2v) is 3.58. The van der Waals surface area contributed by atoms with Crippen molar-refractivity contribution in [2.24, 2.45) is 0 Å². The van der Waals surface area contributed by atoms with Crippen LogP contribution in [0.1, 0.15) is 21.5 Å². The molecule has 0 saturated heterocycles. The van der Waals surface area contributed by atoms with Gasteiger partial charge in [-0.15, -0.1) is 6.58 Å². The van der Waals surface area contributed by atoms with Gasteiger partial charge in [0.25, 0.3) is 0 Å². The summed E-state index contributed by atoms with van der Waals surface area (Å²) in [5, 5.41) is 9.39. The molecule has 0 aliphatic heterocycles. The van der Waals surface area contributed by atoms with Crippen LogP contribution in [0.5, 0.6) is 0 Å². The first-order valence-corrected chi connectivity index (χ1v) is 4.86. The van der Waals surface area contributed by atoms with E-state index in [4.69, 9.17) is 0 Å². The van der Waals surface area contributed by atoms with E-state index in [-0.39, 0.29) is 5.78 Å². The van der Waals surface area contributed by atoms with Gasteiger partial charge in [0.1, 0.15) is 6.10 Å². The van der Waals surface area contributed by atoms with Crippen molar-refractivity contribution >= 4 is 11.9 Å². The number of allylic oxidation sites excluding steroid dienone is 1. The third-order valence-electron chi connectivity index (χ3n) is 2.49. The summed E-state index contributed by atoms with van der Waals surface area (Å²) in [7, 11) is 0. The molecule has 0 bridgehead atoms. The molecule has 1 N–H and O–H groups in total. The molecule has 1 aromatic rings. The molecule has 2 nitrogen and oxygen atoms in total. The maximum atomic E-state index is 11.6. The second-order valence-electron chi connectivity index (χ2n) is 3.58. The van der Waals surface area contributed by atoms with Crippen molar-refractivity contribution in [3.8, 4) is 0 Å². The summed E-state index contributed by atoms with van der Waals surface area (Å²) in [4.78, 5) is 11.6. The SMILES string of the molecule is C=CCc1ccc2c(c1)C(=O)C(O)C=C2. The van der Waals surface area contributed by atoms with Crippen LogP contribution in [0.15, 0.2) is 36.9 Å². The first-order valence-electron chi connectivity index (χ1n) is 4.86. The van der Waals surface area contributed by atoms with Gasteiger partial charge in [-0.25, -0.2) is 0 Å². The lowest BCUT2D eigenvalue weighted by atomic mass is 9.92. The number of ketones is 1. The second kappa shape index (κ2) is 3.83. The molecule has 1 unspecified atom stereocenters. The van der Waals surface area contributed by atoms with Gasteiger partial charge in [0.05, 0.1) is 0 Å². The maximum Gasteiger partial charge on any atom is 0.195 e. The Balaban J connectivity index is 2.47. The number of Topliss-reactive ketones (excluding diaryl/α,β-unsaturated/α-hetero) is 1. The Morgan fingerprint density at radius 1 is 1.47 bits per heavy atom. The van der Waals surface area contributed by atoms with E-state index in [0.29, 0.717) is 5.56 Å². The Morgan fingerprint density at radius 3 is 3.00 bits per heavy atom. The minimum Gasteiger partial charge on any atom is -0.381 e. The summed E-state index contributed by atoms with van der Waals surface area (Å²) in [6, 6.07) is 5.69. The molecule has 2 rings (SSSR count). The predicted molar refractivity (Wildman–Crippen MR) is 59.7 cm³/mol. The van der Waals surface area contributed by atoms with Crippen molar-refractivity contribution in [2.45, 2.75) is 12.5 Å². The van der Waals surface area contributed by atoms with Gasteiger partial charge < -0.3 is 5.11 Å². The summed E-state index contributed by atoms with van der Waals surface area (Å²) < 4.78 is 0. The molecule has 1 atom stereocenters. The molecule has 1 aliphatic carbocycles. The molecule has 1 aromatic carbocycles. The highest BCUT2D eigenvalue weighted by molar-refractivity contribution is 6.06. The number of aliphatic hydroxyl groups excluding tert-OH is 1. The molecular formula is C13H12O2. The molecule has 0 fully saturated rings. The van der Waals surface area contributed by atoms with E-state index in [2.05, 4.69) is 6.58 Å². The fraction of sp³-hybridized carbons (Fsp3) is 0.154. The number of hydrogen-bond acceptors (Lipinski definition) is 2. The molecule has 1 aliphatic rings. The minimum atomic E-state index is -0.989. The van der Waals surface area contributed by atoms with Crippen LogP contribution in [0.3, 0.4) is 0 Å². The van der Waals surface area contributed by atoms with Crippen LogP contribution in [-0.2, 0) is 6.42 Å². The van der Waals surface area contributed by atoms with E-state index in [9.17, 15) is 9.90 Å². The van der Waals surface area contributed by atoms with E-state index >= 15 is 0 Å². The molecule has 2 heteroatoms. The van der Waals surface area contributed by atoms with Crippen molar-refractivity contribution in [3.05, 3.63) is 53.6 Å². The normalized spacial score (nSPS) is 18.7. The fourth-order valence-corrected chi connectivity index (χ4v) is 1.70. The number of carbonyl (C=O) groups is 1. The van der Waals surface area contributed by atoms with Crippen LogP contribution in [0.4, 0.5) is 0 Å². The Bertz CT molecular complexity index is 444. The fourth-order valence-electron chi connectivity index (χ4n) is 1.70. The first kappa shape index (κ1) is 9.87. The van der Waals surface area contributed by atoms with Gasteiger partial charge in [-0.2, -0.15) is 0 Å². The first-order chi connectivity index (χ1) is 7.22. The largest absolute Gasteiger partial charge is 0.381 e. The van der Waals surface area contributed by atoms with Crippen LogP contribution in [0, 0.1) is 0 Å². The van der Waals surface area contributed by atoms with Crippen molar-refractivity contribution in [3.63, 3.8) is 0 Å². The van der Waals surface area contributed by atoms with Crippen LogP contribution >= 0.6 is 0 Å². The lowest BCUT2D eigenvalue weighted by Crippen LogP contribution is -2.21. The Kier molecular flexibility index (Phi) is 2.52. The van der Waals surface area contributed by atoms with E-state index in [1.54, 1.807) is 12.2 Å². The number of hydrogen-bond donors (Lipinski definition) is 1. The topological polar surface area (TPSA) is 37.3 Å². The van der Waals surface area contributed by atoms with Gasteiger partial charge in [-0.1, -0.05) is 24.3 Å². The summed E-state index contributed by atoms with van der Waals surface area (Å²) in [6.07, 6.45) is 4.83. The van der Waals surface area contributed by atoms with Crippen LogP contribution in [0.2, 0.25) is 0 Å². The molecular weight excluding hydrogens is 188 g/mol. The molecule has 76 valence electrons.